The maximum atomic E-state index is 14.2. The summed E-state index contributed by atoms with van der Waals surface area (Å²) in [6.07, 6.45) is 0. The summed E-state index contributed by atoms with van der Waals surface area (Å²) in [5.41, 5.74) is 2.31. The van der Waals surface area contributed by atoms with E-state index in [1.54, 1.807) is 54.6 Å². The van der Waals surface area contributed by atoms with Gasteiger partial charge in [-0.3, -0.25) is 4.79 Å². The lowest BCUT2D eigenvalue weighted by Gasteiger charge is -2.18. The maximum absolute atomic E-state index is 14.2. The van der Waals surface area contributed by atoms with Crippen molar-refractivity contribution in [1.82, 2.24) is 5.32 Å². The number of esters is 1. The third-order valence-electron chi connectivity index (χ3n) is 5.71. The minimum absolute atomic E-state index is 0.0430. The van der Waals surface area contributed by atoms with Gasteiger partial charge in [0.2, 0.25) is 0 Å². The first-order valence-electron chi connectivity index (χ1n) is 11.9. The van der Waals surface area contributed by atoms with Crippen LogP contribution < -0.4 is 20.7 Å². The Kier molecular flexibility index (Phi) is 8.61. The van der Waals surface area contributed by atoms with E-state index >= 15 is 0 Å². The Labute approximate surface area is 230 Å². The van der Waals surface area contributed by atoms with Crippen LogP contribution in [0.5, 0.6) is 5.75 Å². The van der Waals surface area contributed by atoms with E-state index < -0.39 is 17.7 Å². The number of nitrogens with zero attached hydrogens (tertiary/aromatic N) is 1. The van der Waals surface area contributed by atoms with Gasteiger partial charge in [0.25, 0.3) is 5.91 Å². The Balaban J connectivity index is 1.54. The molecule has 1 amide bonds. The third kappa shape index (κ3) is 7.03. The van der Waals surface area contributed by atoms with Crippen molar-refractivity contribution in [2.75, 3.05) is 10.6 Å². The summed E-state index contributed by atoms with van der Waals surface area (Å²) in [6, 6.07) is 27.7. The molecule has 7 nitrogen and oxygen atoms in total. The van der Waals surface area contributed by atoms with E-state index in [2.05, 4.69) is 22.0 Å². The second-order valence-electron chi connectivity index (χ2n) is 8.45. The van der Waals surface area contributed by atoms with Gasteiger partial charge in [0.1, 0.15) is 5.82 Å². The highest BCUT2D eigenvalue weighted by atomic mass is 32.1. The van der Waals surface area contributed by atoms with E-state index in [0.29, 0.717) is 21.9 Å². The minimum Gasteiger partial charge on any atom is -0.421 e. The number of hydrogen-bond donors (Lipinski definition) is 3. The van der Waals surface area contributed by atoms with Crippen LogP contribution in [-0.4, -0.2) is 17.0 Å². The molecule has 0 bridgehead atoms. The summed E-state index contributed by atoms with van der Waals surface area (Å²) in [7, 11) is 0. The Morgan fingerprint density at radius 1 is 0.923 bits per heavy atom. The van der Waals surface area contributed by atoms with Crippen molar-refractivity contribution in [3.63, 3.8) is 0 Å². The molecule has 3 N–H and O–H groups in total. The Morgan fingerprint density at radius 3 is 2.31 bits per heavy atom. The molecule has 0 aliphatic carbocycles. The summed E-state index contributed by atoms with van der Waals surface area (Å²) >= 11 is 5.46. The quantitative estimate of drug-likeness (QED) is 0.146. The number of amides is 1. The monoisotopic (exact) mass is 538 g/mol. The van der Waals surface area contributed by atoms with Gasteiger partial charge in [0.15, 0.2) is 10.9 Å². The predicted octanol–water partition coefficient (Wildman–Crippen LogP) is 6.22. The number of anilines is 2. The highest BCUT2D eigenvalue weighted by Crippen LogP contribution is 2.30. The Hall–Kier alpha value is -5.07. The average molecular weight is 539 g/mol. The molecule has 4 aromatic rings. The largest absolute Gasteiger partial charge is 0.421 e. The number of carbonyl (C=O) groups is 2. The van der Waals surface area contributed by atoms with Crippen LogP contribution in [0.15, 0.2) is 97.1 Å². The molecule has 4 aromatic carbocycles. The topological polar surface area (TPSA) is 103 Å². The van der Waals surface area contributed by atoms with E-state index in [4.69, 9.17) is 22.2 Å². The molecule has 0 aliphatic rings. The van der Waals surface area contributed by atoms with Crippen molar-refractivity contribution in [3.05, 3.63) is 125 Å². The van der Waals surface area contributed by atoms with Crippen molar-refractivity contribution in [2.24, 2.45) is 0 Å². The smallest absolute Gasteiger partial charge is 0.343 e. The van der Waals surface area contributed by atoms with Gasteiger partial charge in [0, 0.05) is 11.8 Å². The van der Waals surface area contributed by atoms with Gasteiger partial charge < -0.3 is 20.7 Å². The van der Waals surface area contributed by atoms with E-state index in [0.717, 1.165) is 5.56 Å². The van der Waals surface area contributed by atoms with Crippen molar-refractivity contribution in [2.45, 2.75) is 13.0 Å². The fourth-order valence-corrected chi connectivity index (χ4v) is 3.94. The number of ether oxygens (including phenoxy) is 1. The first kappa shape index (κ1) is 27.0. The zero-order valence-electron chi connectivity index (χ0n) is 20.8. The number of hydrogen-bond acceptors (Lipinski definition) is 5. The molecule has 0 aromatic heterocycles. The molecule has 0 saturated carbocycles. The molecule has 0 radical (unpaired) electrons. The lowest BCUT2D eigenvalue weighted by atomic mass is 10.1. The first-order chi connectivity index (χ1) is 18.8. The van der Waals surface area contributed by atoms with E-state index in [1.807, 2.05) is 19.1 Å². The average Bonchev–Trinajstić information content (AvgIpc) is 2.95. The van der Waals surface area contributed by atoms with Crippen LogP contribution in [-0.2, 0) is 0 Å². The summed E-state index contributed by atoms with van der Waals surface area (Å²) in [5, 5.41) is 18.1. The van der Waals surface area contributed by atoms with Crippen LogP contribution in [0.3, 0.4) is 0 Å². The van der Waals surface area contributed by atoms with Gasteiger partial charge in [-0.25, -0.2) is 9.18 Å². The van der Waals surface area contributed by atoms with E-state index in [9.17, 15) is 14.0 Å². The lowest BCUT2D eigenvalue weighted by molar-refractivity contribution is 0.0734. The molecule has 0 heterocycles. The second-order valence-corrected chi connectivity index (χ2v) is 8.86. The molecule has 1 unspecified atom stereocenters. The van der Waals surface area contributed by atoms with Crippen molar-refractivity contribution < 1.29 is 18.7 Å². The highest BCUT2D eigenvalue weighted by Gasteiger charge is 2.17. The first-order valence-corrected chi connectivity index (χ1v) is 12.3. The Bertz CT molecular complexity index is 1550. The lowest BCUT2D eigenvalue weighted by Crippen LogP contribution is -2.30. The molecule has 39 heavy (non-hydrogen) atoms. The molecule has 1 atom stereocenters. The number of nitriles is 1. The molecule has 194 valence electrons. The van der Waals surface area contributed by atoms with Crippen molar-refractivity contribution in [1.29, 1.82) is 5.26 Å². The zero-order chi connectivity index (χ0) is 27.8. The molecular formula is C30H23FN4O3S. The number of nitrogens with one attached hydrogen (secondary N) is 3. The fourth-order valence-electron chi connectivity index (χ4n) is 3.65. The number of carbonyl (C=O) groups excluding carboxylic acids is 2. The fraction of sp³-hybridized carbons (Fsp3) is 0.0667. The molecule has 9 heteroatoms. The Morgan fingerprint density at radius 2 is 1.62 bits per heavy atom. The minimum atomic E-state index is -0.695. The van der Waals surface area contributed by atoms with Crippen molar-refractivity contribution >= 4 is 40.6 Å². The standard InChI is InChI=1S/C30H23FN4O3S/c1-19(21-13-11-20(18-32)12-14-21)33-30(39)34-23-15-16-26(35-28(36)24-9-5-6-10-25(24)31)27(17-23)38-29(37)22-7-3-2-4-8-22/h2-17,19H,1H3,(H,35,36)(H2,33,34,39). The highest BCUT2D eigenvalue weighted by molar-refractivity contribution is 7.80. The second kappa shape index (κ2) is 12.4. The normalized spacial score (nSPS) is 11.0. The van der Waals surface area contributed by atoms with Gasteiger partial charge in [-0.1, -0.05) is 42.5 Å². The number of halogens is 1. The van der Waals surface area contributed by atoms with Crippen LogP contribution in [0, 0.1) is 17.1 Å². The molecular weight excluding hydrogens is 515 g/mol. The molecule has 4 rings (SSSR count). The number of rotatable bonds is 7. The van der Waals surface area contributed by atoms with E-state index in [-0.39, 0.29) is 23.0 Å². The van der Waals surface area contributed by atoms with Gasteiger partial charge in [-0.05, 0) is 73.2 Å². The third-order valence-corrected chi connectivity index (χ3v) is 5.93. The molecule has 0 spiro atoms. The summed E-state index contributed by atoms with van der Waals surface area (Å²) in [4.78, 5) is 25.5. The van der Waals surface area contributed by atoms with Crippen molar-refractivity contribution in [3.8, 4) is 11.8 Å². The van der Waals surface area contributed by atoms with Crippen LogP contribution in [0.4, 0.5) is 15.8 Å². The summed E-state index contributed by atoms with van der Waals surface area (Å²) in [6.45, 7) is 1.92. The van der Waals surface area contributed by atoms with Gasteiger partial charge in [0.05, 0.1) is 34.5 Å². The van der Waals surface area contributed by atoms with Crippen LogP contribution in [0.1, 0.15) is 44.8 Å². The van der Waals surface area contributed by atoms with Crippen LogP contribution in [0.25, 0.3) is 0 Å². The van der Waals surface area contributed by atoms with Crippen LogP contribution >= 0.6 is 12.2 Å². The number of thiocarbonyl (C=S) groups is 1. The summed E-state index contributed by atoms with van der Waals surface area (Å²) in [5.74, 6) is -1.96. The van der Waals surface area contributed by atoms with Gasteiger partial charge in [-0.15, -0.1) is 0 Å². The van der Waals surface area contributed by atoms with E-state index in [1.165, 1.54) is 30.3 Å². The maximum Gasteiger partial charge on any atom is 0.343 e. The molecule has 0 fully saturated rings. The molecule has 0 saturated heterocycles. The van der Waals surface area contributed by atoms with Gasteiger partial charge >= 0.3 is 5.97 Å². The SMILES string of the molecule is CC(NC(=S)Nc1ccc(NC(=O)c2ccccc2F)c(OC(=O)c2ccccc2)c1)c1ccc(C#N)cc1. The van der Waals surface area contributed by atoms with Gasteiger partial charge in [-0.2, -0.15) is 5.26 Å². The summed E-state index contributed by atoms with van der Waals surface area (Å²) < 4.78 is 19.8. The zero-order valence-corrected chi connectivity index (χ0v) is 21.6. The number of benzene rings is 4. The van der Waals surface area contributed by atoms with Crippen LogP contribution in [0.2, 0.25) is 0 Å². The predicted molar refractivity (Wildman–Crippen MR) is 151 cm³/mol. The molecule has 0 aliphatic heterocycles.